The number of ether oxygens (including phenoxy) is 1. The van der Waals surface area contributed by atoms with E-state index in [2.05, 4.69) is 25.5 Å². The fraction of sp³-hybridized carbons (Fsp3) is 0.438. The van der Waals surface area contributed by atoms with Crippen molar-refractivity contribution in [2.45, 2.75) is 6.10 Å². The van der Waals surface area contributed by atoms with Crippen LogP contribution in [0.4, 0.5) is 10.3 Å². The number of aromatic nitrogens is 4. The minimum Gasteiger partial charge on any atom is -0.376 e. The lowest BCUT2D eigenvalue weighted by atomic mass is 9.93. The van der Waals surface area contributed by atoms with Gasteiger partial charge < -0.3 is 15.0 Å². The van der Waals surface area contributed by atoms with E-state index >= 15 is 0 Å². The molecular formula is C16H17FN6O2. The van der Waals surface area contributed by atoms with Crippen LogP contribution in [0.2, 0.25) is 0 Å². The Morgan fingerprint density at radius 1 is 1.28 bits per heavy atom. The fourth-order valence-corrected chi connectivity index (χ4v) is 3.39. The summed E-state index contributed by atoms with van der Waals surface area (Å²) >= 11 is 0. The Morgan fingerprint density at radius 3 is 2.88 bits per heavy atom. The summed E-state index contributed by atoms with van der Waals surface area (Å²) in [5.41, 5.74) is 0.484. The van der Waals surface area contributed by atoms with E-state index in [4.69, 9.17) is 4.74 Å². The standard InChI is InChI=1S/C16H17FN6O2/c17-12-5-19-16(20-6-12)23-7-13-11(9-25-14(13)8-23)3-18-15(24)10-1-2-21-22-4-10/h1-2,4-6,11,13-14H,3,7-9H2,(H,18,24)/t11-,13+,14+/m0/s1. The van der Waals surface area contributed by atoms with Gasteiger partial charge in [0.2, 0.25) is 5.95 Å². The van der Waals surface area contributed by atoms with Crippen LogP contribution in [0.3, 0.4) is 0 Å². The second-order valence-corrected chi connectivity index (χ2v) is 6.24. The van der Waals surface area contributed by atoms with Crippen molar-refractivity contribution in [3.63, 3.8) is 0 Å². The summed E-state index contributed by atoms with van der Waals surface area (Å²) in [5.74, 6) is 0.379. The summed E-state index contributed by atoms with van der Waals surface area (Å²) in [5, 5.41) is 10.3. The first-order valence-electron chi connectivity index (χ1n) is 8.09. The number of nitrogens with one attached hydrogen (secondary N) is 1. The molecule has 1 amide bonds. The van der Waals surface area contributed by atoms with Crippen molar-refractivity contribution < 1.29 is 13.9 Å². The molecule has 25 heavy (non-hydrogen) atoms. The van der Waals surface area contributed by atoms with Crippen molar-refractivity contribution in [3.8, 4) is 0 Å². The molecule has 2 fully saturated rings. The number of halogens is 1. The van der Waals surface area contributed by atoms with Crippen LogP contribution in [-0.2, 0) is 4.74 Å². The Morgan fingerprint density at radius 2 is 2.12 bits per heavy atom. The van der Waals surface area contributed by atoms with E-state index in [0.717, 1.165) is 18.9 Å². The van der Waals surface area contributed by atoms with Crippen LogP contribution < -0.4 is 10.2 Å². The summed E-state index contributed by atoms with van der Waals surface area (Å²) in [6.07, 6.45) is 5.33. The molecule has 4 heterocycles. The molecule has 3 atom stereocenters. The van der Waals surface area contributed by atoms with Gasteiger partial charge in [-0.2, -0.15) is 10.2 Å². The molecule has 4 rings (SSSR count). The van der Waals surface area contributed by atoms with Gasteiger partial charge in [0.05, 0.1) is 43.1 Å². The van der Waals surface area contributed by atoms with E-state index in [1.165, 1.54) is 12.4 Å². The number of carbonyl (C=O) groups excluding carboxylic acids is 1. The fourth-order valence-electron chi connectivity index (χ4n) is 3.39. The van der Waals surface area contributed by atoms with Gasteiger partial charge in [-0.25, -0.2) is 14.4 Å². The van der Waals surface area contributed by atoms with Crippen LogP contribution >= 0.6 is 0 Å². The number of amides is 1. The number of fused-ring (bicyclic) bond motifs is 1. The highest BCUT2D eigenvalue weighted by molar-refractivity contribution is 5.93. The number of rotatable bonds is 4. The van der Waals surface area contributed by atoms with Gasteiger partial charge in [-0.1, -0.05) is 0 Å². The van der Waals surface area contributed by atoms with Gasteiger partial charge in [0.25, 0.3) is 5.91 Å². The summed E-state index contributed by atoms with van der Waals surface area (Å²) in [4.78, 5) is 22.2. The van der Waals surface area contributed by atoms with Gasteiger partial charge >= 0.3 is 0 Å². The molecule has 0 aliphatic carbocycles. The molecule has 130 valence electrons. The Balaban J connectivity index is 1.35. The molecule has 1 N–H and O–H groups in total. The third kappa shape index (κ3) is 3.27. The lowest BCUT2D eigenvalue weighted by Gasteiger charge is -2.19. The molecule has 2 aromatic rings. The Hall–Kier alpha value is -2.68. The average molecular weight is 344 g/mol. The molecule has 8 nitrogen and oxygen atoms in total. The average Bonchev–Trinajstić information content (AvgIpc) is 3.22. The van der Waals surface area contributed by atoms with Gasteiger partial charge in [-0.05, 0) is 6.07 Å². The van der Waals surface area contributed by atoms with E-state index in [-0.39, 0.29) is 23.8 Å². The van der Waals surface area contributed by atoms with Crippen LogP contribution in [0, 0.1) is 17.7 Å². The van der Waals surface area contributed by atoms with Gasteiger partial charge in [-0.3, -0.25) is 4.79 Å². The SMILES string of the molecule is O=C(NC[C@H]1CO[C@@H]2CN(c3ncc(F)cn3)C[C@H]12)c1ccnnc1. The van der Waals surface area contributed by atoms with Crippen LogP contribution in [0.15, 0.2) is 30.9 Å². The molecule has 2 aromatic heterocycles. The van der Waals surface area contributed by atoms with Crippen LogP contribution in [0.25, 0.3) is 0 Å². The first kappa shape index (κ1) is 15.8. The van der Waals surface area contributed by atoms with Crippen molar-refractivity contribution in [1.29, 1.82) is 0 Å². The molecule has 0 radical (unpaired) electrons. The molecule has 2 saturated heterocycles. The first-order chi connectivity index (χ1) is 12.2. The molecule has 2 aliphatic heterocycles. The van der Waals surface area contributed by atoms with Crippen molar-refractivity contribution in [1.82, 2.24) is 25.5 Å². The van der Waals surface area contributed by atoms with E-state index in [9.17, 15) is 9.18 Å². The third-order valence-electron chi connectivity index (χ3n) is 4.70. The monoisotopic (exact) mass is 344 g/mol. The van der Waals surface area contributed by atoms with Crippen molar-refractivity contribution in [2.75, 3.05) is 31.1 Å². The summed E-state index contributed by atoms with van der Waals surface area (Å²) < 4.78 is 18.8. The van der Waals surface area contributed by atoms with Crippen molar-refractivity contribution in [3.05, 3.63) is 42.2 Å². The molecule has 0 saturated carbocycles. The molecule has 0 unspecified atom stereocenters. The summed E-state index contributed by atoms with van der Waals surface area (Å²) in [7, 11) is 0. The molecular weight excluding hydrogens is 327 g/mol. The second-order valence-electron chi connectivity index (χ2n) is 6.24. The highest BCUT2D eigenvalue weighted by Crippen LogP contribution is 2.34. The van der Waals surface area contributed by atoms with Crippen LogP contribution in [-0.4, -0.2) is 58.4 Å². The Kier molecular flexibility index (Phi) is 4.22. The summed E-state index contributed by atoms with van der Waals surface area (Å²) in [6.45, 7) is 2.55. The number of anilines is 1. The predicted molar refractivity (Wildman–Crippen MR) is 85.3 cm³/mol. The van der Waals surface area contributed by atoms with Crippen LogP contribution in [0.1, 0.15) is 10.4 Å². The minimum absolute atomic E-state index is 0.0816. The zero-order chi connectivity index (χ0) is 17.2. The summed E-state index contributed by atoms with van der Waals surface area (Å²) in [6, 6.07) is 1.62. The number of nitrogens with zero attached hydrogens (tertiary/aromatic N) is 5. The van der Waals surface area contributed by atoms with E-state index in [1.807, 2.05) is 4.90 Å². The topological polar surface area (TPSA) is 93.1 Å². The second kappa shape index (κ2) is 6.67. The first-order valence-corrected chi connectivity index (χ1v) is 8.09. The largest absolute Gasteiger partial charge is 0.376 e. The van der Waals surface area contributed by atoms with Crippen molar-refractivity contribution >= 4 is 11.9 Å². The minimum atomic E-state index is -0.453. The van der Waals surface area contributed by atoms with Gasteiger partial charge in [-0.15, -0.1) is 0 Å². The van der Waals surface area contributed by atoms with Crippen LogP contribution in [0.5, 0.6) is 0 Å². The molecule has 0 aromatic carbocycles. The number of hydrogen-bond donors (Lipinski definition) is 1. The van der Waals surface area contributed by atoms with E-state index in [1.54, 1.807) is 6.07 Å². The van der Waals surface area contributed by atoms with E-state index in [0.29, 0.717) is 31.2 Å². The van der Waals surface area contributed by atoms with Crippen molar-refractivity contribution in [2.24, 2.45) is 11.8 Å². The van der Waals surface area contributed by atoms with Gasteiger partial charge in [0.15, 0.2) is 5.82 Å². The normalized spacial score (nSPS) is 25.0. The zero-order valence-electron chi connectivity index (χ0n) is 13.4. The van der Waals surface area contributed by atoms with E-state index < -0.39 is 5.82 Å². The maximum Gasteiger partial charge on any atom is 0.252 e. The van der Waals surface area contributed by atoms with Gasteiger partial charge in [0.1, 0.15) is 0 Å². The Bertz CT molecular complexity index is 744. The third-order valence-corrected chi connectivity index (χ3v) is 4.70. The molecule has 9 heteroatoms. The lowest BCUT2D eigenvalue weighted by molar-refractivity contribution is 0.0939. The number of carbonyl (C=O) groups is 1. The predicted octanol–water partition coefficient (Wildman–Crippen LogP) is 0.287. The quantitative estimate of drug-likeness (QED) is 0.852. The number of hydrogen-bond acceptors (Lipinski definition) is 7. The molecule has 0 spiro atoms. The molecule has 0 bridgehead atoms. The Labute approximate surface area is 143 Å². The zero-order valence-corrected chi connectivity index (χ0v) is 13.4. The van der Waals surface area contributed by atoms with Gasteiger partial charge in [0, 0.05) is 31.5 Å². The highest BCUT2D eigenvalue weighted by atomic mass is 19.1. The lowest BCUT2D eigenvalue weighted by Crippen LogP contribution is -2.34. The highest BCUT2D eigenvalue weighted by Gasteiger charge is 2.44. The molecule has 2 aliphatic rings. The maximum atomic E-state index is 13.0. The smallest absolute Gasteiger partial charge is 0.252 e. The maximum absolute atomic E-state index is 13.0.